The van der Waals surface area contributed by atoms with Gasteiger partial charge in [0.1, 0.15) is 0 Å². The van der Waals surface area contributed by atoms with Crippen molar-refractivity contribution < 1.29 is 0 Å². The Hall–Kier alpha value is -6.26. The van der Waals surface area contributed by atoms with Crippen LogP contribution < -0.4 is 4.90 Å². The van der Waals surface area contributed by atoms with E-state index >= 15 is 0 Å². The highest BCUT2D eigenvalue weighted by Crippen LogP contribution is 2.45. The van der Waals surface area contributed by atoms with E-state index in [4.69, 9.17) is 0 Å². The van der Waals surface area contributed by atoms with Gasteiger partial charge in [0.25, 0.3) is 0 Å². The molecule has 0 fully saturated rings. The normalized spacial score (nSPS) is 18.3. The van der Waals surface area contributed by atoms with Gasteiger partial charge in [-0.3, -0.25) is 0 Å². The fourth-order valence-electron chi connectivity index (χ4n) is 10.7. The van der Waals surface area contributed by atoms with Gasteiger partial charge in [0.2, 0.25) is 0 Å². The summed E-state index contributed by atoms with van der Waals surface area (Å²) >= 11 is 3.89. The van der Waals surface area contributed by atoms with Gasteiger partial charge in [-0.25, -0.2) is 0 Å². The maximum absolute atomic E-state index is 2.56. The molecule has 0 saturated heterocycles. The molecule has 0 saturated carbocycles. The molecule has 64 heavy (non-hydrogen) atoms. The summed E-state index contributed by atoms with van der Waals surface area (Å²) in [7, 11) is 0. The number of benzene rings is 6. The monoisotopic (exact) mass is 861 g/mol. The molecule has 0 bridgehead atoms. The molecule has 3 heteroatoms. The lowest BCUT2D eigenvalue weighted by molar-refractivity contribution is 0.617. The number of hydrogen-bond donors (Lipinski definition) is 0. The molecule has 8 aromatic rings. The quantitative estimate of drug-likeness (QED) is 0.138. The molecular weight excluding hydrogens is 811 g/mol. The molecule has 2 heterocycles. The van der Waals surface area contributed by atoms with Crippen LogP contribution in [0.4, 0.5) is 11.4 Å². The summed E-state index contributed by atoms with van der Waals surface area (Å²) in [6, 6.07) is 49.2. The zero-order chi connectivity index (χ0) is 42.4. The van der Waals surface area contributed by atoms with Crippen LogP contribution in [0.2, 0.25) is 0 Å². The second-order valence-corrected chi connectivity index (χ2v) is 20.1. The Balaban J connectivity index is 0.945. The number of aryl methyl sites for hydroxylation is 1. The van der Waals surface area contributed by atoms with E-state index in [9.17, 15) is 0 Å². The zero-order valence-corrected chi connectivity index (χ0v) is 37.8. The van der Waals surface area contributed by atoms with Crippen LogP contribution in [0, 0.1) is 0 Å². The Morgan fingerprint density at radius 1 is 0.547 bits per heavy atom. The van der Waals surface area contributed by atoms with Gasteiger partial charge < -0.3 is 4.90 Å². The van der Waals surface area contributed by atoms with Gasteiger partial charge in [-0.05, 0) is 179 Å². The molecule has 0 spiro atoms. The Morgan fingerprint density at radius 2 is 1.30 bits per heavy atom. The summed E-state index contributed by atoms with van der Waals surface area (Å²) in [5, 5.41) is 4.10. The van der Waals surface area contributed by atoms with Gasteiger partial charge >= 0.3 is 0 Å². The minimum absolute atomic E-state index is 0.174. The number of allylic oxidation sites excluding steroid dienone is 9. The first-order valence-electron chi connectivity index (χ1n) is 23.4. The van der Waals surface area contributed by atoms with E-state index in [0.29, 0.717) is 5.92 Å². The molecule has 4 aliphatic carbocycles. The number of rotatable bonds is 8. The third-order valence-electron chi connectivity index (χ3n) is 14.1. The maximum atomic E-state index is 2.56. The SMILES string of the molecule is C1=CCCC(c2ccc(N(c3ccc(C4CC=CCC4)cc3)C3C=CC(c4cc(-c5cccc6c7c(sc56)C=CCCC7)cc(-c5cccc6c5sc5ccccc56)c4)=CC3)cc2)=C1. The first-order valence-corrected chi connectivity index (χ1v) is 25.0. The van der Waals surface area contributed by atoms with E-state index in [0.717, 1.165) is 38.5 Å². The van der Waals surface area contributed by atoms with Crippen molar-refractivity contribution in [3.8, 4) is 22.3 Å². The van der Waals surface area contributed by atoms with E-state index in [1.807, 2.05) is 22.7 Å². The summed E-state index contributed by atoms with van der Waals surface area (Å²) in [4.78, 5) is 3.99. The number of nitrogens with zero attached hydrogens (tertiary/aromatic N) is 1. The first kappa shape index (κ1) is 39.3. The van der Waals surface area contributed by atoms with E-state index < -0.39 is 0 Å². The van der Waals surface area contributed by atoms with Crippen molar-refractivity contribution in [1.29, 1.82) is 0 Å². The van der Waals surface area contributed by atoms with Gasteiger partial charge in [0.15, 0.2) is 0 Å². The standard InChI is InChI=1S/C61H51NS2/c1-4-14-41(15-5-1)43-26-32-49(33-27-43)62(50-34-28-44(29-35-50)42-16-6-2-7-17-42)51-36-30-45(31-37-51)46-38-47(52-20-12-22-56-54-18-8-3-9-24-58(54)63-60(52)56)40-48(39-46)53-21-13-23-57-55-19-10-11-25-59(55)64-61(53)57/h1-2,4,6,9-14,19-36,38-40,42,51H,3,5,7-8,15-18,37H2. The number of thiophene rings is 2. The van der Waals surface area contributed by atoms with E-state index in [2.05, 4.69) is 193 Å². The summed E-state index contributed by atoms with van der Waals surface area (Å²) < 4.78 is 4.10. The molecule has 1 nitrogen and oxygen atoms in total. The largest absolute Gasteiger partial charge is 0.334 e. The van der Waals surface area contributed by atoms with Crippen molar-refractivity contribution in [2.24, 2.45) is 0 Å². The molecule has 2 unspecified atom stereocenters. The summed E-state index contributed by atoms with van der Waals surface area (Å²) in [6.45, 7) is 0. The van der Waals surface area contributed by atoms with E-state index in [1.54, 1.807) is 0 Å². The van der Waals surface area contributed by atoms with Crippen molar-refractivity contribution in [3.63, 3.8) is 0 Å². The Labute approximate surface area is 385 Å². The molecule has 2 aromatic heterocycles. The summed E-state index contributed by atoms with van der Waals surface area (Å²) in [5.74, 6) is 0.606. The molecule has 312 valence electrons. The number of fused-ring (bicyclic) bond motifs is 6. The molecule has 0 N–H and O–H groups in total. The van der Waals surface area contributed by atoms with Gasteiger partial charge in [-0.2, -0.15) is 0 Å². The van der Waals surface area contributed by atoms with Crippen LogP contribution in [-0.2, 0) is 6.42 Å². The average molecular weight is 862 g/mol. The zero-order valence-electron chi connectivity index (χ0n) is 36.2. The lowest BCUT2D eigenvalue weighted by atomic mass is 9.87. The minimum Gasteiger partial charge on any atom is -0.334 e. The predicted molar refractivity (Wildman–Crippen MR) is 280 cm³/mol. The van der Waals surface area contributed by atoms with Gasteiger partial charge in [0, 0.05) is 41.1 Å². The molecule has 0 radical (unpaired) electrons. The molecule has 0 amide bonds. The number of hydrogen-bond acceptors (Lipinski definition) is 3. The lowest BCUT2D eigenvalue weighted by Gasteiger charge is -2.34. The van der Waals surface area contributed by atoms with Crippen LogP contribution in [-0.4, -0.2) is 6.04 Å². The maximum Gasteiger partial charge on any atom is 0.0560 e. The molecule has 0 aliphatic heterocycles. The van der Waals surface area contributed by atoms with Crippen molar-refractivity contribution >= 4 is 81.5 Å². The first-order chi connectivity index (χ1) is 31.7. The second kappa shape index (κ2) is 17.0. The molecular formula is C61H51NS2. The van der Waals surface area contributed by atoms with Crippen LogP contribution in [0.5, 0.6) is 0 Å². The smallest absolute Gasteiger partial charge is 0.0560 e. The van der Waals surface area contributed by atoms with Gasteiger partial charge in [0.05, 0.1) is 6.04 Å². The van der Waals surface area contributed by atoms with Crippen LogP contribution in [0.3, 0.4) is 0 Å². The van der Waals surface area contributed by atoms with Crippen LogP contribution in [0.1, 0.15) is 84.4 Å². The average Bonchev–Trinajstić information content (AvgIpc) is 3.84. The minimum atomic E-state index is 0.174. The highest BCUT2D eigenvalue weighted by molar-refractivity contribution is 7.26. The summed E-state index contributed by atoms with van der Waals surface area (Å²) in [5.41, 5.74) is 15.9. The third kappa shape index (κ3) is 7.35. The third-order valence-corrected chi connectivity index (χ3v) is 16.5. The van der Waals surface area contributed by atoms with Crippen LogP contribution >= 0.6 is 22.7 Å². The Kier molecular flexibility index (Phi) is 10.5. The molecule has 4 aliphatic rings. The highest BCUT2D eigenvalue weighted by Gasteiger charge is 2.24. The van der Waals surface area contributed by atoms with Crippen molar-refractivity contribution in [1.82, 2.24) is 0 Å². The van der Waals surface area contributed by atoms with Gasteiger partial charge in [-0.1, -0.05) is 134 Å². The fourth-order valence-corrected chi connectivity index (χ4v) is 13.3. The second-order valence-electron chi connectivity index (χ2n) is 18.0. The van der Waals surface area contributed by atoms with Crippen LogP contribution in [0.25, 0.3) is 69.7 Å². The summed E-state index contributed by atoms with van der Waals surface area (Å²) in [6.07, 6.45) is 33.7. The Morgan fingerprint density at radius 3 is 2.05 bits per heavy atom. The van der Waals surface area contributed by atoms with E-state index in [1.165, 1.54) is 121 Å². The molecule has 2 atom stereocenters. The van der Waals surface area contributed by atoms with E-state index in [-0.39, 0.29) is 6.04 Å². The molecule has 6 aromatic carbocycles. The number of anilines is 2. The Bertz CT molecular complexity index is 3250. The lowest BCUT2D eigenvalue weighted by Crippen LogP contribution is -2.30. The van der Waals surface area contributed by atoms with Gasteiger partial charge in [-0.15, -0.1) is 22.7 Å². The highest BCUT2D eigenvalue weighted by atomic mass is 32.1. The predicted octanol–water partition coefficient (Wildman–Crippen LogP) is 18.1. The van der Waals surface area contributed by atoms with Crippen LogP contribution in [0.15, 0.2) is 182 Å². The van der Waals surface area contributed by atoms with Crippen molar-refractivity contribution in [2.45, 2.75) is 69.7 Å². The van der Waals surface area contributed by atoms with Crippen molar-refractivity contribution in [3.05, 3.63) is 209 Å². The molecule has 12 rings (SSSR count). The van der Waals surface area contributed by atoms with Crippen molar-refractivity contribution in [2.75, 3.05) is 4.90 Å². The topological polar surface area (TPSA) is 3.24 Å². The fraction of sp³-hybridized carbons (Fsp3) is 0.180.